The Morgan fingerprint density at radius 3 is 1.69 bits per heavy atom. The molecule has 2 rings (SSSR count). The number of carbonyl (C=O) groups excluding carboxylic acids is 2. The third-order valence-corrected chi connectivity index (χ3v) is 12.4. The summed E-state index contributed by atoms with van der Waals surface area (Å²) in [7, 11) is 0. The summed E-state index contributed by atoms with van der Waals surface area (Å²) in [5.41, 5.74) is -0.364. The van der Waals surface area contributed by atoms with Crippen LogP contribution in [0.15, 0.2) is 12.2 Å². The van der Waals surface area contributed by atoms with E-state index in [1.807, 2.05) is 0 Å². The first-order chi connectivity index (χ1) is 21.3. The zero-order valence-corrected chi connectivity index (χ0v) is 31.9. The van der Waals surface area contributed by atoms with Gasteiger partial charge in [-0.2, -0.15) is 0 Å². The van der Waals surface area contributed by atoms with Crippen LogP contribution in [0.25, 0.3) is 0 Å². The molecule has 0 aliphatic heterocycles. The highest BCUT2D eigenvalue weighted by molar-refractivity contribution is 5.87. The molecule has 0 radical (unpaired) electrons. The minimum Gasteiger partial charge on any atom is -0.356 e. The molecule has 4 heteroatoms. The van der Waals surface area contributed by atoms with Gasteiger partial charge in [-0.25, -0.2) is 0 Å². The largest absolute Gasteiger partial charge is 0.356 e. The van der Waals surface area contributed by atoms with Crippen LogP contribution < -0.4 is 5.32 Å². The van der Waals surface area contributed by atoms with E-state index < -0.39 is 0 Å². The maximum Gasteiger partial charge on any atom is 0.224 e. The van der Waals surface area contributed by atoms with Crippen molar-refractivity contribution >= 4 is 11.8 Å². The van der Waals surface area contributed by atoms with Crippen molar-refractivity contribution in [3.05, 3.63) is 12.2 Å². The number of rotatable bonds is 23. The topological polar surface area (TPSA) is 49.4 Å². The summed E-state index contributed by atoms with van der Waals surface area (Å²) in [5, 5.41) is 3.45. The summed E-state index contributed by atoms with van der Waals surface area (Å²) >= 11 is 0. The average Bonchev–Trinajstić information content (AvgIpc) is 3.53. The van der Waals surface area contributed by atoms with Gasteiger partial charge in [-0.05, 0) is 71.5 Å². The molecule has 1 N–H and O–H groups in total. The van der Waals surface area contributed by atoms with Crippen molar-refractivity contribution in [2.75, 3.05) is 19.6 Å². The van der Waals surface area contributed by atoms with Gasteiger partial charge in [0.1, 0.15) is 0 Å². The summed E-state index contributed by atoms with van der Waals surface area (Å²) in [6.07, 6.45) is 20.4. The van der Waals surface area contributed by atoms with Gasteiger partial charge in [0, 0.05) is 26.1 Å². The van der Waals surface area contributed by atoms with Gasteiger partial charge in [-0.3, -0.25) is 9.59 Å². The predicted octanol–water partition coefficient (Wildman–Crippen LogP) is 10.9. The molecule has 0 aromatic rings. The maximum atomic E-state index is 14.8. The molecule has 262 valence electrons. The van der Waals surface area contributed by atoms with Crippen molar-refractivity contribution in [3.63, 3.8) is 0 Å². The van der Waals surface area contributed by atoms with Crippen LogP contribution in [0.4, 0.5) is 0 Å². The minimum atomic E-state index is -0.342. The van der Waals surface area contributed by atoms with E-state index in [0.717, 1.165) is 45.2 Å². The van der Waals surface area contributed by atoms with Crippen LogP contribution in [0, 0.1) is 51.8 Å². The molecule has 1 fully saturated rings. The molecule has 5 unspecified atom stereocenters. The third kappa shape index (κ3) is 8.40. The normalized spacial score (nSPS) is 26.5. The molecule has 2 aliphatic rings. The molecule has 2 aliphatic carbocycles. The Hall–Kier alpha value is -1.32. The zero-order chi connectivity index (χ0) is 33.8. The highest BCUT2D eigenvalue weighted by Gasteiger charge is 2.75. The molecule has 0 aromatic carbocycles. The van der Waals surface area contributed by atoms with E-state index in [2.05, 4.69) is 98.5 Å². The third-order valence-electron chi connectivity index (χ3n) is 12.4. The first-order valence-corrected chi connectivity index (χ1v) is 19.6. The number of unbranched alkanes of at least 4 members (excludes halogenated alkanes) is 9. The molecular formula is C41H76N2O2. The standard InChI is InChI=1S/C41H76N2O2/c1-12-15-18-21-26-42-38(45)35(29-36(44)43(27-22-19-16-13-2)28-23-20-17-14-3)41(34(10)11)37(31(4)5)39(32(6)7)24-25-40(41,30-39)33(8)9/h24-25,31-35,37H,12-23,26-30H2,1-11H3,(H,42,45). The van der Waals surface area contributed by atoms with Gasteiger partial charge in [-0.15, -0.1) is 0 Å². The Labute approximate surface area is 280 Å². The summed E-state index contributed by atoms with van der Waals surface area (Å²) in [4.78, 5) is 31.6. The van der Waals surface area contributed by atoms with Gasteiger partial charge in [0.05, 0.1) is 5.92 Å². The predicted molar refractivity (Wildman–Crippen MR) is 194 cm³/mol. The van der Waals surface area contributed by atoms with Crippen molar-refractivity contribution < 1.29 is 9.59 Å². The molecule has 45 heavy (non-hydrogen) atoms. The molecule has 0 spiro atoms. The number of amides is 2. The van der Waals surface area contributed by atoms with Crippen LogP contribution in [0.3, 0.4) is 0 Å². The number of allylic oxidation sites excluding steroid dienone is 2. The smallest absolute Gasteiger partial charge is 0.224 e. The molecule has 0 heterocycles. The van der Waals surface area contributed by atoms with Gasteiger partial charge in [0.15, 0.2) is 0 Å². The van der Waals surface area contributed by atoms with E-state index in [1.165, 1.54) is 51.4 Å². The quantitative estimate of drug-likeness (QED) is 0.0904. The van der Waals surface area contributed by atoms with Gasteiger partial charge >= 0.3 is 0 Å². The Morgan fingerprint density at radius 1 is 0.711 bits per heavy atom. The number of carbonyl (C=O) groups is 2. The van der Waals surface area contributed by atoms with Crippen LogP contribution in [0.1, 0.15) is 166 Å². The van der Waals surface area contributed by atoms with Crippen molar-refractivity contribution in [2.24, 2.45) is 51.8 Å². The Bertz CT molecular complexity index is 910. The summed E-state index contributed by atoms with van der Waals surface area (Å²) in [6.45, 7) is 28.2. The second-order valence-electron chi connectivity index (χ2n) is 16.4. The molecule has 0 saturated heterocycles. The number of hydrogen-bond donors (Lipinski definition) is 1. The Morgan fingerprint density at radius 2 is 1.24 bits per heavy atom. The number of fused-ring (bicyclic) bond motifs is 2. The van der Waals surface area contributed by atoms with Gasteiger partial charge in [-0.1, -0.05) is 146 Å². The van der Waals surface area contributed by atoms with Crippen molar-refractivity contribution in [2.45, 2.75) is 166 Å². The number of hydrogen-bond acceptors (Lipinski definition) is 2. The fourth-order valence-electron chi connectivity index (χ4n) is 10.3. The second kappa shape index (κ2) is 18.3. The number of nitrogens with zero attached hydrogens (tertiary/aromatic N) is 1. The van der Waals surface area contributed by atoms with Crippen molar-refractivity contribution in [3.8, 4) is 0 Å². The van der Waals surface area contributed by atoms with Crippen molar-refractivity contribution in [1.29, 1.82) is 0 Å². The van der Waals surface area contributed by atoms with Gasteiger partial charge in [0.25, 0.3) is 0 Å². The van der Waals surface area contributed by atoms with E-state index in [-0.39, 0.29) is 39.9 Å². The molecule has 5 atom stereocenters. The van der Waals surface area contributed by atoms with E-state index in [9.17, 15) is 9.59 Å². The lowest BCUT2D eigenvalue weighted by Crippen LogP contribution is -2.60. The summed E-state index contributed by atoms with van der Waals surface area (Å²) in [5.74, 6) is 1.88. The lowest BCUT2D eigenvalue weighted by molar-refractivity contribution is -0.156. The zero-order valence-electron chi connectivity index (χ0n) is 31.9. The summed E-state index contributed by atoms with van der Waals surface area (Å²) < 4.78 is 0. The fourth-order valence-corrected chi connectivity index (χ4v) is 10.3. The fraction of sp³-hybridized carbons (Fsp3) is 0.902. The van der Waals surface area contributed by atoms with Gasteiger partial charge in [0.2, 0.25) is 11.8 Å². The van der Waals surface area contributed by atoms with Gasteiger partial charge < -0.3 is 10.2 Å². The van der Waals surface area contributed by atoms with Crippen LogP contribution in [-0.4, -0.2) is 36.3 Å². The van der Waals surface area contributed by atoms with Crippen LogP contribution in [0.5, 0.6) is 0 Å². The molecule has 2 amide bonds. The molecular weight excluding hydrogens is 552 g/mol. The van der Waals surface area contributed by atoms with Crippen LogP contribution in [-0.2, 0) is 9.59 Å². The monoisotopic (exact) mass is 629 g/mol. The minimum absolute atomic E-state index is 0.0470. The molecule has 4 nitrogen and oxygen atoms in total. The highest BCUT2D eigenvalue weighted by atomic mass is 16.2. The number of nitrogens with one attached hydrogen (secondary N) is 1. The molecule has 1 saturated carbocycles. The Balaban J connectivity index is 2.65. The van der Waals surface area contributed by atoms with E-state index in [4.69, 9.17) is 0 Å². The maximum absolute atomic E-state index is 14.8. The van der Waals surface area contributed by atoms with Crippen LogP contribution >= 0.6 is 0 Å². The SMILES string of the molecule is CCCCCCNC(=O)C(CC(=O)N(CCCCCC)CCCCCC)C1(C(C)C)C(C(C)C)C2(C(C)C)C=CC1(C(C)C)C2. The van der Waals surface area contributed by atoms with E-state index >= 15 is 0 Å². The highest BCUT2D eigenvalue weighted by Crippen LogP contribution is 2.79. The molecule has 2 bridgehead atoms. The van der Waals surface area contributed by atoms with Crippen molar-refractivity contribution in [1.82, 2.24) is 10.2 Å². The lowest BCUT2D eigenvalue weighted by Gasteiger charge is -2.60. The summed E-state index contributed by atoms with van der Waals surface area (Å²) in [6, 6.07) is 0. The Kier molecular flexibility index (Phi) is 16.2. The molecule has 0 aromatic heterocycles. The first-order valence-electron chi connectivity index (χ1n) is 19.6. The van der Waals surface area contributed by atoms with E-state index in [0.29, 0.717) is 36.6 Å². The van der Waals surface area contributed by atoms with Crippen LogP contribution in [0.2, 0.25) is 0 Å². The van der Waals surface area contributed by atoms with E-state index in [1.54, 1.807) is 0 Å². The first kappa shape index (κ1) is 39.9. The lowest BCUT2D eigenvalue weighted by atomic mass is 9.43. The second-order valence-corrected chi connectivity index (χ2v) is 16.4. The average molecular weight is 629 g/mol.